The first-order valence-corrected chi connectivity index (χ1v) is 11.7. The van der Waals surface area contributed by atoms with Crippen LogP contribution in [0.15, 0.2) is 70.1 Å². The van der Waals surface area contributed by atoms with E-state index in [1.165, 1.54) is 6.92 Å². The Morgan fingerprint density at radius 1 is 1.08 bits per heavy atom. The molecule has 1 saturated heterocycles. The third-order valence-electron chi connectivity index (χ3n) is 6.32. The number of rotatable bonds is 5. The van der Waals surface area contributed by atoms with E-state index in [2.05, 4.69) is 26.3 Å². The highest BCUT2D eigenvalue weighted by atomic mass is 16.5. The minimum absolute atomic E-state index is 0.0699. The fourth-order valence-electron chi connectivity index (χ4n) is 4.61. The number of carbonyl (C=O) groups is 1. The summed E-state index contributed by atoms with van der Waals surface area (Å²) in [6.07, 6.45) is 3.60. The monoisotopic (exact) mass is 481 g/mol. The number of fused-ring (bicyclic) bond motifs is 2. The third-order valence-corrected chi connectivity index (χ3v) is 6.32. The normalized spacial score (nSPS) is 13.9. The van der Waals surface area contributed by atoms with Crippen LogP contribution in [0.4, 0.5) is 17.3 Å². The number of benzene rings is 2. The van der Waals surface area contributed by atoms with Crippen molar-refractivity contribution in [1.29, 1.82) is 0 Å². The van der Waals surface area contributed by atoms with Gasteiger partial charge in [-0.15, -0.1) is 0 Å². The number of nitrogens with one attached hydrogen (secondary N) is 2. The zero-order valence-corrected chi connectivity index (χ0v) is 19.6. The first-order chi connectivity index (χ1) is 17.6. The van der Waals surface area contributed by atoms with E-state index >= 15 is 0 Å². The van der Waals surface area contributed by atoms with Crippen molar-refractivity contribution < 1.29 is 13.9 Å². The van der Waals surface area contributed by atoms with E-state index in [1.807, 2.05) is 47.5 Å². The summed E-state index contributed by atoms with van der Waals surface area (Å²) in [4.78, 5) is 39.3. The van der Waals surface area contributed by atoms with Gasteiger partial charge in [0.25, 0.3) is 0 Å². The third kappa shape index (κ3) is 3.99. The van der Waals surface area contributed by atoms with Gasteiger partial charge >= 0.3 is 5.63 Å². The summed E-state index contributed by atoms with van der Waals surface area (Å²) in [6, 6.07) is 15.4. The van der Waals surface area contributed by atoms with E-state index in [9.17, 15) is 9.59 Å². The fraction of sp³-hybridized carbons (Fsp3) is 0.185. The second-order valence-corrected chi connectivity index (χ2v) is 8.65. The molecule has 5 aromatic rings. The van der Waals surface area contributed by atoms with Crippen LogP contribution in [0.3, 0.4) is 0 Å². The summed E-state index contributed by atoms with van der Waals surface area (Å²) in [7, 11) is 0. The minimum atomic E-state index is -0.646. The zero-order valence-electron chi connectivity index (χ0n) is 19.6. The van der Waals surface area contributed by atoms with E-state index < -0.39 is 5.63 Å². The van der Waals surface area contributed by atoms with Gasteiger partial charge in [-0.1, -0.05) is 6.07 Å². The summed E-state index contributed by atoms with van der Waals surface area (Å²) >= 11 is 0. The number of ether oxygens (including phenoxy) is 1. The lowest BCUT2D eigenvalue weighted by atomic mass is 10.1. The van der Waals surface area contributed by atoms with E-state index in [0.29, 0.717) is 54.6 Å². The number of morpholine rings is 1. The molecule has 6 rings (SSSR count). The smallest absolute Gasteiger partial charge is 0.349 e. The maximum Gasteiger partial charge on any atom is 0.349 e. The molecule has 3 aromatic heterocycles. The number of hydrogen-bond donors (Lipinski definition) is 2. The lowest BCUT2D eigenvalue weighted by Gasteiger charge is -2.30. The lowest BCUT2D eigenvalue weighted by molar-refractivity contribution is 0.101. The highest BCUT2D eigenvalue weighted by Crippen LogP contribution is 2.32. The van der Waals surface area contributed by atoms with Gasteiger partial charge in [0, 0.05) is 59.1 Å². The first-order valence-electron chi connectivity index (χ1n) is 11.7. The van der Waals surface area contributed by atoms with Crippen LogP contribution in [0.5, 0.6) is 0 Å². The molecule has 9 heteroatoms. The molecule has 1 aliphatic heterocycles. The number of ketones is 1. The molecule has 0 spiro atoms. The van der Waals surface area contributed by atoms with Gasteiger partial charge in [-0.25, -0.2) is 14.8 Å². The standard InChI is InChI=1S/C27H23N5O4/c1-16(33)24-25(32-10-12-35-13-11-32)20-4-3-19(15-23(20)36-26(24)34)30-27-29-9-7-22(31-27)17-2-5-21-18(14-17)6-8-28-21/h2-9,14-15,28H,10-13H2,1H3,(H,29,30,31). The number of hydrogen-bond acceptors (Lipinski definition) is 8. The molecule has 9 nitrogen and oxygen atoms in total. The Bertz CT molecular complexity index is 1670. The molecule has 0 radical (unpaired) electrons. The lowest BCUT2D eigenvalue weighted by Crippen LogP contribution is -2.38. The molecular weight excluding hydrogens is 458 g/mol. The Labute approximate surface area is 205 Å². The molecule has 0 saturated carbocycles. The van der Waals surface area contributed by atoms with Crippen molar-refractivity contribution in [3.63, 3.8) is 0 Å². The van der Waals surface area contributed by atoms with Crippen molar-refractivity contribution in [1.82, 2.24) is 15.0 Å². The van der Waals surface area contributed by atoms with Crippen LogP contribution in [-0.2, 0) is 4.74 Å². The van der Waals surface area contributed by atoms with Crippen molar-refractivity contribution >= 4 is 45.0 Å². The van der Waals surface area contributed by atoms with E-state index in [1.54, 1.807) is 12.3 Å². The molecule has 0 bridgehead atoms. The maximum absolute atomic E-state index is 12.8. The Morgan fingerprint density at radius 2 is 1.94 bits per heavy atom. The van der Waals surface area contributed by atoms with Gasteiger partial charge in [0.15, 0.2) is 5.78 Å². The minimum Gasteiger partial charge on any atom is -0.422 e. The van der Waals surface area contributed by atoms with E-state index in [0.717, 1.165) is 22.2 Å². The van der Waals surface area contributed by atoms with Crippen molar-refractivity contribution in [3.05, 3.63) is 76.9 Å². The van der Waals surface area contributed by atoms with E-state index in [4.69, 9.17) is 9.15 Å². The molecule has 180 valence electrons. The van der Waals surface area contributed by atoms with Crippen LogP contribution >= 0.6 is 0 Å². The average Bonchev–Trinajstić information content (AvgIpc) is 3.36. The fourth-order valence-corrected chi connectivity index (χ4v) is 4.61. The number of Topliss-reactive ketones (excluding diaryl/α,β-unsaturated/α-hetero) is 1. The van der Waals surface area contributed by atoms with Gasteiger partial charge in [-0.3, -0.25) is 4.79 Å². The van der Waals surface area contributed by atoms with Gasteiger partial charge < -0.3 is 24.4 Å². The quantitative estimate of drug-likeness (QED) is 0.278. The highest BCUT2D eigenvalue weighted by Gasteiger charge is 2.24. The largest absolute Gasteiger partial charge is 0.422 e. The van der Waals surface area contributed by atoms with Gasteiger partial charge in [0.1, 0.15) is 11.1 Å². The van der Waals surface area contributed by atoms with Gasteiger partial charge in [0.2, 0.25) is 5.95 Å². The average molecular weight is 482 g/mol. The van der Waals surface area contributed by atoms with Crippen molar-refractivity contribution in [2.45, 2.75) is 6.92 Å². The zero-order chi connectivity index (χ0) is 24.6. The maximum atomic E-state index is 12.8. The molecule has 0 aliphatic carbocycles. The molecule has 0 amide bonds. The van der Waals surface area contributed by atoms with Crippen LogP contribution in [-0.4, -0.2) is 47.0 Å². The second-order valence-electron chi connectivity index (χ2n) is 8.65. The second kappa shape index (κ2) is 8.94. The predicted octanol–water partition coefficient (Wildman–Crippen LogP) is 4.51. The van der Waals surface area contributed by atoms with Crippen LogP contribution in [0, 0.1) is 0 Å². The molecule has 0 unspecified atom stereocenters. The van der Waals surface area contributed by atoms with Crippen molar-refractivity contribution in [2.24, 2.45) is 0 Å². The SMILES string of the molecule is CC(=O)c1c(N2CCOCC2)c2ccc(Nc3nccc(-c4ccc5[nH]ccc5c4)n3)cc2oc1=O. The van der Waals surface area contributed by atoms with E-state index in [-0.39, 0.29) is 11.3 Å². The molecule has 2 aromatic carbocycles. The summed E-state index contributed by atoms with van der Waals surface area (Å²) in [5.41, 5.74) is 3.88. The predicted molar refractivity (Wildman–Crippen MR) is 138 cm³/mol. The van der Waals surface area contributed by atoms with Crippen molar-refractivity contribution in [2.75, 3.05) is 36.5 Å². The molecule has 1 aliphatic rings. The summed E-state index contributed by atoms with van der Waals surface area (Å²) in [6.45, 7) is 3.63. The van der Waals surface area contributed by atoms with Gasteiger partial charge in [-0.2, -0.15) is 0 Å². The molecule has 1 fully saturated rings. The van der Waals surface area contributed by atoms with Crippen LogP contribution in [0.1, 0.15) is 17.3 Å². The molecular formula is C27H23N5O4. The van der Waals surface area contributed by atoms with Crippen LogP contribution < -0.4 is 15.8 Å². The van der Waals surface area contributed by atoms with Crippen LogP contribution in [0.2, 0.25) is 0 Å². The summed E-state index contributed by atoms with van der Waals surface area (Å²) in [5.74, 6) is 0.0921. The van der Waals surface area contributed by atoms with Gasteiger partial charge in [0.05, 0.1) is 24.6 Å². The van der Waals surface area contributed by atoms with Gasteiger partial charge in [-0.05, 0) is 43.3 Å². The summed E-state index contributed by atoms with van der Waals surface area (Å²) in [5, 5.41) is 5.00. The first kappa shape index (κ1) is 22.0. The Hall–Kier alpha value is -4.50. The molecule has 36 heavy (non-hydrogen) atoms. The molecule has 0 atom stereocenters. The highest BCUT2D eigenvalue weighted by molar-refractivity contribution is 6.07. The number of carbonyl (C=O) groups excluding carboxylic acids is 1. The Kier molecular flexibility index (Phi) is 5.46. The Balaban J connectivity index is 1.36. The number of anilines is 3. The molecule has 4 heterocycles. The molecule has 2 N–H and O–H groups in total. The van der Waals surface area contributed by atoms with Crippen LogP contribution in [0.25, 0.3) is 33.1 Å². The van der Waals surface area contributed by atoms with Crippen molar-refractivity contribution in [3.8, 4) is 11.3 Å². The topological polar surface area (TPSA) is 113 Å². The summed E-state index contributed by atoms with van der Waals surface area (Å²) < 4.78 is 11.0. The Morgan fingerprint density at radius 3 is 2.78 bits per heavy atom. The number of aromatic nitrogens is 3. The number of H-pyrrole nitrogens is 1. The number of nitrogens with zero attached hydrogens (tertiary/aromatic N) is 3. The number of aromatic amines is 1.